The Morgan fingerprint density at radius 3 is 1.69 bits per heavy atom. The van der Waals surface area contributed by atoms with Gasteiger partial charge >= 0.3 is 11.9 Å². The Bertz CT molecular complexity index is 990. The van der Waals surface area contributed by atoms with Gasteiger partial charge in [0.25, 0.3) is 0 Å². The first-order chi connectivity index (χ1) is 20.0. The third-order valence-corrected chi connectivity index (χ3v) is 5.58. The number of aliphatic hydroxyl groups excluding tert-OH is 1. The fraction of sp³-hybridized carbons (Fsp3) is 0.562. The smallest absolute Gasteiger partial charge is 0.305 e. The molecule has 1 aliphatic heterocycles. The molecule has 10 heteroatoms. The predicted molar refractivity (Wildman–Crippen MR) is 163 cm³/mol. The maximum absolute atomic E-state index is 11.1. The Labute approximate surface area is 250 Å². The molecular formula is C32H50N2O8. The standard InChI is InChI=1S/C16H25NO4.C13H16O4.C3H9N/c1-12(2)17-10-14(18)11-21-15-7-4-13(5-8-15)6-9-16(19)20-3;1-15-13(14)7-4-10-2-5-11(6-3-10)16-8-12-9-17-12;1-3(2)4/h4-5,7-8,12,14,17-18H,6,9-11H2,1-3H3;2-3,5-6,12H,4,7-9H2,1H3;3H,4H2,1-2H3. The van der Waals surface area contributed by atoms with Crippen molar-refractivity contribution in [1.82, 2.24) is 5.32 Å². The van der Waals surface area contributed by atoms with E-state index in [0.29, 0.717) is 56.7 Å². The maximum Gasteiger partial charge on any atom is 0.305 e. The number of nitrogens with two attached hydrogens (primary N) is 1. The molecular weight excluding hydrogens is 540 g/mol. The van der Waals surface area contributed by atoms with Crippen LogP contribution < -0.4 is 20.5 Å². The fourth-order valence-electron chi connectivity index (χ4n) is 3.18. The molecule has 0 aromatic heterocycles. The first kappa shape index (κ1) is 36.8. The maximum atomic E-state index is 11.1. The van der Waals surface area contributed by atoms with Gasteiger partial charge in [-0.2, -0.15) is 0 Å². The van der Waals surface area contributed by atoms with E-state index in [1.54, 1.807) is 0 Å². The summed E-state index contributed by atoms with van der Waals surface area (Å²) in [5.74, 6) is 1.15. The summed E-state index contributed by atoms with van der Waals surface area (Å²) in [5, 5.41) is 12.9. The van der Waals surface area contributed by atoms with Crippen LogP contribution in [0.15, 0.2) is 48.5 Å². The summed E-state index contributed by atoms with van der Waals surface area (Å²) in [5.41, 5.74) is 7.26. The van der Waals surface area contributed by atoms with Crippen LogP contribution in [-0.4, -0.2) is 81.9 Å². The van der Waals surface area contributed by atoms with Crippen molar-refractivity contribution in [2.45, 2.75) is 77.7 Å². The van der Waals surface area contributed by atoms with Crippen LogP contribution in [0.25, 0.3) is 0 Å². The fourth-order valence-corrected chi connectivity index (χ4v) is 3.18. The quantitative estimate of drug-likeness (QED) is 0.209. The first-order valence-corrected chi connectivity index (χ1v) is 14.4. The van der Waals surface area contributed by atoms with Gasteiger partial charge in [0.1, 0.15) is 36.9 Å². The van der Waals surface area contributed by atoms with Crippen molar-refractivity contribution in [3.63, 3.8) is 0 Å². The van der Waals surface area contributed by atoms with E-state index in [1.165, 1.54) is 14.2 Å². The molecule has 1 saturated heterocycles. The Kier molecular flexibility index (Phi) is 18.9. The Balaban J connectivity index is 0.000000378. The van der Waals surface area contributed by atoms with Crippen LogP contribution in [0.4, 0.5) is 0 Å². The number of aliphatic hydroxyl groups is 1. The van der Waals surface area contributed by atoms with Crippen molar-refractivity contribution in [2.24, 2.45) is 5.73 Å². The molecule has 0 radical (unpaired) electrons. The highest BCUT2D eigenvalue weighted by molar-refractivity contribution is 5.69. The second kappa shape index (κ2) is 21.5. The van der Waals surface area contributed by atoms with Gasteiger partial charge in [-0.25, -0.2) is 0 Å². The van der Waals surface area contributed by atoms with Gasteiger partial charge < -0.3 is 39.8 Å². The summed E-state index contributed by atoms with van der Waals surface area (Å²) >= 11 is 0. The molecule has 0 spiro atoms. The molecule has 2 aromatic carbocycles. The number of benzene rings is 2. The molecule has 0 bridgehead atoms. The first-order valence-electron chi connectivity index (χ1n) is 14.4. The van der Waals surface area contributed by atoms with E-state index in [4.69, 9.17) is 19.9 Å². The monoisotopic (exact) mass is 590 g/mol. The lowest BCUT2D eigenvalue weighted by Gasteiger charge is -2.15. The van der Waals surface area contributed by atoms with Gasteiger partial charge in [-0.15, -0.1) is 0 Å². The van der Waals surface area contributed by atoms with E-state index in [1.807, 2.05) is 76.2 Å². The number of aryl methyl sites for hydroxylation is 2. The van der Waals surface area contributed by atoms with Gasteiger partial charge in [0, 0.05) is 25.4 Å². The topological polar surface area (TPSA) is 142 Å². The molecule has 42 heavy (non-hydrogen) atoms. The Morgan fingerprint density at radius 2 is 1.31 bits per heavy atom. The summed E-state index contributed by atoms with van der Waals surface area (Å²) in [6.45, 7) is 10.1. The van der Waals surface area contributed by atoms with E-state index in [-0.39, 0.29) is 24.6 Å². The molecule has 1 aliphatic rings. The number of nitrogens with one attached hydrogen (secondary N) is 1. The normalized spacial score (nSPS) is 14.1. The number of methoxy groups -OCH3 is 2. The molecule has 10 nitrogen and oxygen atoms in total. The van der Waals surface area contributed by atoms with Gasteiger partial charge in [0.05, 0.1) is 20.8 Å². The molecule has 4 N–H and O–H groups in total. The van der Waals surface area contributed by atoms with E-state index in [0.717, 1.165) is 23.5 Å². The van der Waals surface area contributed by atoms with Crippen LogP contribution in [0.5, 0.6) is 11.5 Å². The molecule has 0 amide bonds. The number of rotatable bonds is 15. The molecule has 2 unspecified atom stereocenters. The van der Waals surface area contributed by atoms with Crippen molar-refractivity contribution in [2.75, 3.05) is 40.6 Å². The van der Waals surface area contributed by atoms with Gasteiger partial charge in [0.2, 0.25) is 0 Å². The Hall–Kier alpha value is -3.18. The van der Waals surface area contributed by atoms with Crippen molar-refractivity contribution < 1.29 is 38.4 Å². The van der Waals surface area contributed by atoms with E-state index in [9.17, 15) is 14.7 Å². The van der Waals surface area contributed by atoms with Gasteiger partial charge in [-0.3, -0.25) is 9.59 Å². The number of esters is 2. The van der Waals surface area contributed by atoms with Crippen LogP contribution in [0.2, 0.25) is 0 Å². The number of carbonyl (C=O) groups excluding carboxylic acids is 2. The summed E-state index contributed by atoms with van der Waals surface area (Å²) < 4.78 is 25.3. The molecule has 1 fully saturated rings. The molecule has 1 heterocycles. The van der Waals surface area contributed by atoms with Gasteiger partial charge in [0.15, 0.2) is 0 Å². The third-order valence-electron chi connectivity index (χ3n) is 5.58. The van der Waals surface area contributed by atoms with Gasteiger partial charge in [-0.05, 0) is 54.3 Å². The second-order valence-corrected chi connectivity index (χ2v) is 10.5. The lowest BCUT2D eigenvalue weighted by molar-refractivity contribution is -0.141. The van der Waals surface area contributed by atoms with E-state index < -0.39 is 6.10 Å². The largest absolute Gasteiger partial charge is 0.491 e. The minimum Gasteiger partial charge on any atom is -0.491 e. The SMILES string of the molecule is CC(C)N.COC(=O)CCc1ccc(OCC(O)CNC(C)C)cc1.COC(=O)CCc1ccc(OCC2CO2)cc1. The molecule has 2 aromatic rings. The number of ether oxygens (including phenoxy) is 5. The molecule has 236 valence electrons. The zero-order valence-electron chi connectivity index (χ0n) is 26.0. The minimum absolute atomic E-state index is 0.184. The lowest BCUT2D eigenvalue weighted by atomic mass is 10.1. The highest BCUT2D eigenvalue weighted by atomic mass is 16.6. The van der Waals surface area contributed by atoms with Crippen molar-refractivity contribution in [1.29, 1.82) is 0 Å². The van der Waals surface area contributed by atoms with Gasteiger partial charge in [-0.1, -0.05) is 52.0 Å². The third kappa shape index (κ3) is 19.8. The number of carbonyl (C=O) groups is 2. The van der Waals surface area contributed by atoms with Crippen molar-refractivity contribution in [3.05, 3.63) is 59.7 Å². The summed E-state index contributed by atoms with van der Waals surface area (Å²) in [7, 11) is 2.79. The van der Waals surface area contributed by atoms with Crippen LogP contribution in [0.1, 0.15) is 51.7 Å². The average molecular weight is 591 g/mol. The van der Waals surface area contributed by atoms with Crippen LogP contribution in [-0.2, 0) is 36.6 Å². The van der Waals surface area contributed by atoms with Crippen LogP contribution in [0, 0.1) is 0 Å². The Morgan fingerprint density at radius 1 is 0.881 bits per heavy atom. The average Bonchev–Trinajstić information content (AvgIpc) is 3.81. The zero-order valence-corrected chi connectivity index (χ0v) is 26.0. The van der Waals surface area contributed by atoms with Crippen LogP contribution in [0.3, 0.4) is 0 Å². The summed E-state index contributed by atoms with van der Waals surface area (Å²) in [6, 6.07) is 15.9. The van der Waals surface area contributed by atoms with E-state index >= 15 is 0 Å². The van der Waals surface area contributed by atoms with Crippen molar-refractivity contribution >= 4 is 11.9 Å². The van der Waals surface area contributed by atoms with Crippen LogP contribution >= 0.6 is 0 Å². The lowest BCUT2D eigenvalue weighted by Crippen LogP contribution is -2.35. The molecule has 0 saturated carbocycles. The predicted octanol–water partition coefficient (Wildman–Crippen LogP) is 3.45. The molecule has 3 rings (SSSR count). The minimum atomic E-state index is -0.536. The highest BCUT2D eigenvalue weighted by Gasteiger charge is 2.22. The highest BCUT2D eigenvalue weighted by Crippen LogP contribution is 2.17. The summed E-state index contributed by atoms with van der Waals surface area (Å²) in [4.78, 5) is 22.0. The molecule has 0 aliphatic carbocycles. The zero-order chi connectivity index (χ0) is 31.3. The van der Waals surface area contributed by atoms with Crippen molar-refractivity contribution in [3.8, 4) is 11.5 Å². The van der Waals surface area contributed by atoms with E-state index in [2.05, 4.69) is 14.8 Å². The number of hydrogen-bond acceptors (Lipinski definition) is 10. The summed E-state index contributed by atoms with van der Waals surface area (Å²) in [6.07, 6.45) is 1.86. The molecule has 2 atom stereocenters. The second-order valence-electron chi connectivity index (χ2n) is 10.5. The number of hydrogen-bond donors (Lipinski definition) is 3. The number of epoxide rings is 1.